The van der Waals surface area contributed by atoms with Gasteiger partial charge in [-0.15, -0.1) is 0 Å². The van der Waals surface area contributed by atoms with Gasteiger partial charge in [0, 0.05) is 36.4 Å². The zero-order chi connectivity index (χ0) is 25.6. The molecule has 3 aromatic carbocycles. The summed E-state index contributed by atoms with van der Waals surface area (Å²) >= 11 is 0. The van der Waals surface area contributed by atoms with Crippen LogP contribution in [-0.4, -0.2) is 42.3 Å². The molecule has 9 heteroatoms. The molecule has 0 bridgehead atoms. The fraction of sp³-hybridized carbons (Fsp3) is 0.296. The van der Waals surface area contributed by atoms with Gasteiger partial charge in [0.2, 0.25) is 0 Å². The lowest BCUT2D eigenvalue weighted by molar-refractivity contribution is -0.137. The molecule has 0 unspecified atom stereocenters. The monoisotopic (exact) mass is 499 g/mol. The number of aliphatic hydroxyl groups is 1. The van der Waals surface area contributed by atoms with Crippen LogP contribution in [-0.2, 0) is 6.18 Å². The van der Waals surface area contributed by atoms with Gasteiger partial charge in [-0.25, -0.2) is 9.18 Å². The van der Waals surface area contributed by atoms with Crippen LogP contribution in [0.2, 0.25) is 0 Å². The third-order valence-electron chi connectivity index (χ3n) is 7.26. The van der Waals surface area contributed by atoms with Gasteiger partial charge in [0.05, 0.1) is 24.3 Å². The summed E-state index contributed by atoms with van der Waals surface area (Å²) in [4.78, 5) is 17.0. The molecule has 2 amide bonds. The van der Waals surface area contributed by atoms with E-state index in [4.69, 9.17) is 0 Å². The first kappa shape index (κ1) is 24.1. The smallest absolute Gasteiger partial charge is 0.394 e. The number of alkyl halides is 3. The first-order valence-electron chi connectivity index (χ1n) is 11.7. The number of carbonyl (C=O) groups is 1. The molecule has 3 atom stereocenters. The molecule has 3 aromatic rings. The Morgan fingerprint density at radius 2 is 1.81 bits per heavy atom. The highest BCUT2D eigenvalue weighted by molar-refractivity contribution is 5.90. The lowest BCUT2D eigenvalue weighted by atomic mass is 9.81. The van der Waals surface area contributed by atoms with Crippen molar-refractivity contribution < 1.29 is 27.5 Å². The van der Waals surface area contributed by atoms with Crippen molar-refractivity contribution in [1.29, 1.82) is 0 Å². The minimum Gasteiger partial charge on any atom is -0.394 e. The second-order valence-electron chi connectivity index (χ2n) is 9.21. The van der Waals surface area contributed by atoms with Crippen LogP contribution in [0.4, 0.5) is 33.7 Å². The molecule has 2 heterocycles. The van der Waals surface area contributed by atoms with E-state index in [2.05, 4.69) is 5.32 Å². The molecule has 2 N–H and O–H groups in total. The summed E-state index contributed by atoms with van der Waals surface area (Å²) in [5, 5.41) is 12.9. The third-order valence-corrected chi connectivity index (χ3v) is 7.26. The van der Waals surface area contributed by atoms with Gasteiger partial charge in [-0.2, -0.15) is 13.2 Å². The number of hydrogen-bond donors (Lipinski definition) is 2. The number of benzene rings is 3. The van der Waals surface area contributed by atoms with E-state index in [1.165, 1.54) is 18.2 Å². The SMILES string of the molecule is CN1c2ccc(-c3ccccc3F)cc2[C@@H]2[C@@H](CCN2C(=O)Nc2ccc(C(F)(F)F)cc2)[C@H]1CO. The second kappa shape index (κ2) is 9.13. The standard InChI is InChI=1S/C27H25F4N3O2/c1-33-23-11-6-16(19-4-2-3-5-22(19)28)14-21(23)25-20(24(33)15-35)12-13-34(25)26(36)32-18-9-7-17(8-10-18)27(29,30)31/h2-11,14,20,24-25,35H,12-13,15H2,1H3,(H,32,36)/t20-,24+,25-/m0/s1. The molecule has 1 fully saturated rings. The number of hydrogen-bond acceptors (Lipinski definition) is 3. The second-order valence-corrected chi connectivity index (χ2v) is 9.21. The lowest BCUT2D eigenvalue weighted by Gasteiger charge is -2.44. The first-order chi connectivity index (χ1) is 17.2. The first-order valence-corrected chi connectivity index (χ1v) is 11.7. The Morgan fingerprint density at radius 3 is 2.47 bits per heavy atom. The van der Waals surface area contributed by atoms with E-state index in [0.717, 1.165) is 23.4 Å². The fourth-order valence-corrected chi connectivity index (χ4v) is 5.48. The molecule has 2 aliphatic rings. The van der Waals surface area contributed by atoms with E-state index in [1.807, 2.05) is 30.1 Å². The fourth-order valence-electron chi connectivity index (χ4n) is 5.48. The van der Waals surface area contributed by atoms with Crippen molar-refractivity contribution >= 4 is 17.4 Å². The Balaban J connectivity index is 1.49. The van der Waals surface area contributed by atoms with E-state index >= 15 is 0 Å². The number of nitrogens with one attached hydrogen (secondary N) is 1. The molecule has 36 heavy (non-hydrogen) atoms. The molecule has 2 aliphatic heterocycles. The molecule has 0 aliphatic carbocycles. The highest BCUT2D eigenvalue weighted by Gasteiger charge is 2.47. The van der Waals surface area contributed by atoms with Gasteiger partial charge >= 0.3 is 12.2 Å². The molecule has 0 saturated carbocycles. The van der Waals surface area contributed by atoms with Crippen molar-refractivity contribution in [2.75, 3.05) is 30.4 Å². The van der Waals surface area contributed by atoms with Gasteiger partial charge in [-0.05, 0) is 60.0 Å². The van der Waals surface area contributed by atoms with Crippen molar-refractivity contribution in [1.82, 2.24) is 4.90 Å². The van der Waals surface area contributed by atoms with Crippen molar-refractivity contribution in [3.63, 3.8) is 0 Å². The Bertz CT molecular complexity index is 1280. The molecular weight excluding hydrogens is 474 g/mol. The predicted octanol–water partition coefficient (Wildman–Crippen LogP) is 5.92. The quantitative estimate of drug-likeness (QED) is 0.440. The number of amides is 2. The van der Waals surface area contributed by atoms with Crippen molar-refractivity contribution in [2.45, 2.75) is 24.7 Å². The molecule has 188 valence electrons. The maximum absolute atomic E-state index is 14.5. The molecule has 5 rings (SSSR count). The third kappa shape index (κ3) is 4.17. The Morgan fingerprint density at radius 1 is 1.08 bits per heavy atom. The summed E-state index contributed by atoms with van der Waals surface area (Å²) in [6.07, 6.45) is -3.82. The van der Waals surface area contributed by atoms with Crippen LogP contribution in [0.25, 0.3) is 11.1 Å². The van der Waals surface area contributed by atoms with Crippen LogP contribution in [0, 0.1) is 11.7 Å². The summed E-state index contributed by atoms with van der Waals surface area (Å²) in [5.74, 6) is -0.420. The highest BCUT2D eigenvalue weighted by Crippen LogP contribution is 2.49. The Kier molecular flexibility index (Phi) is 6.12. The minimum absolute atomic E-state index is 0.0678. The summed E-state index contributed by atoms with van der Waals surface area (Å²) in [6, 6.07) is 15.3. The van der Waals surface area contributed by atoms with Crippen LogP contribution < -0.4 is 10.2 Å². The summed E-state index contributed by atoms with van der Waals surface area (Å²) < 4.78 is 53.2. The Labute approximate surface area is 206 Å². The zero-order valence-electron chi connectivity index (χ0n) is 19.5. The van der Waals surface area contributed by atoms with Gasteiger partial charge in [0.1, 0.15) is 5.82 Å². The van der Waals surface area contributed by atoms with Crippen LogP contribution in [0.1, 0.15) is 23.6 Å². The molecule has 0 radical (unpaired) electrons. The summed E-state index contributed by atoms with van der Waals surface area (Å²) in [5.41, 5.74) is 2.26. The van der Waals surface area contributed by atoms with Crippen LogP contribution in [0.15, 0.2) is 66.7 Å². The number of aliphatic hydroxyl groups excluding tert-OH is 1. The van der Waals surface area contributed by atoms with Gasteiger partial charge in [0.25, 0.3) is 0 Å². The number of likely N-dealkylation sites (tertiary alicyclic amines) is 1. The lowest BCUT2D eigenvalue weighted by Crippen LogP contribution is -2.48. The van der Waals surface area contributed by atoms with Crippen molar-refractivity contribution in [2.24, 2.45) is 5.92 Å². The van der Waals surface area contributed by atoms with Crippen LogP contribution >= 0.6 is 0 Å². The number of rotatable bonds is 3. The van der Waals surface area contributed by atoms with E-state index in [9.17, 15) is 27.5 Å². The normalized spacial score (nSPS) is 21.2. The number of urea groups is 1. The maximum atomic E-state index is 14.5. The Hall–Kier alpha value is -3.59. The predicted molar refractivity (Wildman–Crippen MR) is 129 cm³/mol. The van der Waals surface area contributed by atoms with E-state index in [1.54, 1.807) is 23.1 Å². The molecule has 1 saturated heterocycles. The summed E-state index contributed by atoms with van der Waals surface area (Å²) in [7, 11) is 1.89. The number of nitrogens with zero attached hydrogens (tertiary/aromatic N) is 2. The van der Waals surface area contributed by atoms with Crippen LogP contribution in [0.5, 0.6) is 0 Å². The minimum atomic E-state index is -4.46. The topological polar surface area (TPSA) is 55.8 Å². The number of halogens is 4. The van der Waals surface area contributed by atoms with E-state index < -0.39 is 17.8 Å². The maximum Gasteiger partial charge on any atom is 0.416 e. The van der Waals surface area contributed by atoms with Gasteiger partial charge in [-0.1, -0.05) is 24.3 Å². The van der Waals surface area contributed by atoms with Crippen LogP contribution in [0.3, 0.4) is 0 Å². The molecule has 5 nitrogen and oxygen atoms in total. The highest BCUT2D eigenvalue weighted by atomic mass is 19.4. The molecule has 0 spiro atoms. The zero-order valence-corrected chi connectivity index (χ0v) is 19.5. The average Bonchev–Trinajstić information content (AvgIpc) is 3.29. The molecule has 0 aromatic heterocycles. The number of carbonyl (C=O) groups excluding carboxylic acids is 1. The van der Waals surface area contributed by atoms with Gasteiger partial charge in [0.15, 0.2) is 0 Å². The van der Waals surface area contributed by atoms with Gasteiger partial charge < -0.3 is 20.2 Å². The summed E-state index contributed by atoms with van der Waals surface area (Å²) in [6.45, 7) is 0.316. The largest absolute Gasteiger partial charge is 0.416 e. The number of anilines is 2. The van der Waals surface area contributed by atoms with Crippen molar-refractivity contribution in [3.8, 4) is 11.1 Å². The number of likely N-dealkylation sites (N-methyl/N-ethyl adjacent to an activating group) is 1. The number of fused-ring (bicyclic) bond motifs is 3. The molecular formula is C27H25F4N3O2. The average molecular weight is 500 g/mol. The van der Waals surface area contributed by atoms with E-state index in [-0.39, 0.29) is 36.1 Å². The van der Waals surface area contributed by atoms with Crippen molar-refractivity contribution in [3.05, 3.63) is 83.7 Å². The van der Waals surface area contributed by atoms with E-state index in [0.29, 0.717) is 24.1 Å². The van der Waals surface area contributed by atoms with Gasteiger partial charge in [-0.3, -0.25) is 0 Å².